The van der Waals surface area contributed by atoms with Crippen LogP contribution in [0.3, 0.4) is 0 Å². The van der Waals surface area contributed by atoms with Gasteiger partial charge in [0.15, 0.2) is 11.5 Å². The summed E-state index contributed by atoms with van der Waals surface area (Å²) in [4.78, 5) is 0. The van der Waals surface area contributed by atoms with E-state index in [1.165, 1.54) is 0 Å². The Kier molecular flexibility index (Phi) is 5.02. The van der Waals surface area contributed by atoms with Gasteiger partial charge in [-0.2, -0.15) is 0 Å². The average Bonchev–Trinajstić information content (AvgIpc) is 2.25. The lowest BCUT2D eigenvalue weighted by atomic mass is 10.2. The first-order chi connectivity index (χ1) is 7.27. The Balaban J connectivity index is 2.73. The summed E-state index contributed by atoms with van der Waals surface area (Å²) in [5.41, 5.74) is 0.949. The molecule has 0 atom stereocenters. The Morgan fingerprint density at radius 2 is 1.60 bits per heavy atom. The van der Waals surface area contributed by atoms with Gasteiger partial charge in [-0.25, -0.2) is 0 Å². The van der Waals surface area contributed by atoms with Gasteiger partial charge in [0.05, 0.1) is 13.2 Å². The van der Waals surface area contributed by atoms with Crippen molar-refractivity contribution >= 4 is 0 Å². The zero-order chi connectivity index (χ0) is 11.1. The first kappa shape index (κ1) is 11.9. The quantitative estimate of drug-likeness (QED) is 0.711. The summed E-state index contributed by atoms with van der Waals surface area (Å²) in [6.45, 7) is 9.48. The van der Waals surface area contributed by atoms with Crippen LogP contribution in [0.15, 0.2) is 18.2 Å². The molecular formula is C13H19O2. The Morgan fingerprint density at radius 3 is 2.20 bits per heavy atom. The molecular weight excluding hydrogens is 188 g/mol. The minimum Gasteiger partial charge on any atom is -0.490 e. The second-order valence-electron chi connectivity index (χ2n) is 3.48. The highest BCUT2D eigenvalue weighted by Crippen LogP contribution is 2.28. The second-order valence-corrected chi connectivity index (χ2v) is 3.48. The van der Waals surface area contributed by atoms with E-state index in [4.69, 9.17) is 9.47 Å². The third-order valence-electron chi connectivity index (χ3n) is 1.93. The molecule has 0 aliphatic carbocycles. The summed E-state index contributed by atoms with van der Waals surface area (Å²) < 4.78 is 11.2. The maximum Gasteiger partial charge on any atom is 0.161 e. The highest BCUT2D eigenvalue weighted by Gasteiger charge is 2.04. The monoisotopic (exact) mass is 207 g/mol. The minimum absolute atomic E-state index is 0.714. The molecule has 1 aromatic carbocycles. The van der Waals surface area contributed by atoms with Gasteiger partial charge >= 0.3 is 0 Å². The molecule has 0 aromatic heterocycles. The number of benzene rings is 1. The number of hydrogen-bond donors (Lipinski definition) is 0. The Morgan fingerprint density at radius 1 is 1.00 bits per heavy atom. The molecule has 0 unspecified atom stereocenters. The largest absolute Gasteiger partial charge is 0.490 e. The van der Waals surface area contributed by atoms with Crippen LogP contribution in [0.2, 0.25) is 0 Å². The molecule has 2 heteroatoms. The molecule has 0 saturated carbocycles. The van der Waals surface area contributed by atoms with Crippen molar-refractivity contribution in [2.45, 2.75) is 26.7 Å². The average molecular weight is 207 g/mol. The molecule has 1 aromatic rings. The summed E-state index contributed by atoms with van der Waals surface area (Å²) in [5.74, 6) is 1.62. The summed E-state index contributed by atoms with van der Waals surface area (Å²) in [5, 5.41) is 0. The Bertz CT molecular complexity index is 295. The third-order valence-corrected chi connectivity index (χ3v) is 1.93. The van der Waals surface area contributed by atoms with E-state index in [-0.39, 0.29) is 0 Å². The molecule has 0 N–H and O–H groups in total. The maximum atomic E-state index is 5.60. The fraction of sp³-hybridized carbons (Fsp3) is 0.462. The van der Waals surface area contributed by atoms with Crippen molar-refractivity contribution in [3.8, 4) is 11.5 Å². The molecule has 0 amide bonds. The van der Waals surface area contributed by atoms with Crippen LogP contribution in [0.5, 0.6) is 11.5 Å². The van der Waals surface area contributed by atoms with Gasteiger partial charge in [0.1, 0.15) is 0 Å². The summed E-state index contributed by atoms with van der Waals surface area (Å²) in [6, 6.07) is 5.77. The third kappa shape index (κ3) is 3.82. The molecule has 15 heavy (non-hydrogen) atoms. The molecule has 2 nitrogen and oxygen atoms in total. The van der Waals surface area contributed by atoms with Crippen LogP contribution >= 0.6 is 0 Å². The van der Waals surface area contributed by atoms with Crippen molar-refractivity contribution in [1.82, 2.24) is 0 Å². The van der Waals surface area contributed by atoms with Gasteiger partial charge in [0.2, 0.25) is 0 Å². The van der Waals surface area contributed by atoms with E-state index in [1.807, 2.05) is 18.2 Å². The summed E-state index contributed by atoms with van der Waals surface area (Å²) in [6.07, 6.45) is 1.99. The second kappa shape index (κ2) is 6.33. The van der Waals surface area contributed by atoms with Gasteiger partial charge in [0, 0.05) is 0 Å². The fourth-order valence-electron chi connectivity index (χ4n) is 1.21. The van der Waals surface area contributed by atoms with E-state index in [0.717, 1.165) is 36.5 Å². The van der Waals surface area contributed by atoms with Crippen molar-refractivity contribution in [3.05, 3.63) is 30.7 Å². The molecule has 83 valence electrons. The van der Waals surface area contributed by atoms with E-state index < -0.39 is 0 Å². The maximum absolute atomic E-state index is 5.60. The molecule has 0 saturated heterocycles. The van der Waals surface area contributed by atoms with Crippen LogP contribution in [0.4, 0.5) is 0 Å². The Labute approximate surface area is 92.2 Å². The topological polar surface area (TPSA) is 18.5 Å². The van der Waals surface area contributed by atoms with Crippen molar-refractivity contribution in [3.63, 3.8) is 0 Å². The van der Waals surface area contributed by atoms with Gasteiger partial charge in [-0.3, -0.25) is 0 Å². The van der Waals surface area contributed by atoms with Gasteiger partial charge in [-0.1, -0.05) is 19.9 Å². The molecule has 0 spiro atoms. The highest BCUT2D eigenvalue weighted by molar-refractivity contribution is 5.43. The fourth-order valence-corrected chi connectivity index (χ4v) is 1.21. The van der Waals surface area contributed by atoms with Gasteiger partial charge in [0.25, 0.3) is 0 Å². The van der Waals surface area contributed by atoms with Crippen LogP contribution < -0.4 is 9.47 Å². The number of ether oxygens (including phenoxy) is 2. The van der Waals surface area contributed by atoms with E-state index in [1.54, 1.807) is 0 Å². The summed E-state index contributed by atoms with van der Waals surface area (Å²) >= 11 is 0. The molecule has 1 rings (SSSR count). The molecule has 0 fully saturated rings. The first-order valence-corrected chi connectivity index (χ1v) is 5.49. The van der Waals surface area contributed by atoms with Gasteiger partial charge < -0.3 is 9.47 Å². The van der Waals surface area contributed by atoms with E-state index in [0.29, 0.717) is 6.61 Å². The molecule has 1 radical (unpaired) electrons. The van der Waals surface area contributed by atoms with Crippen molar-refractivity contribution in [2.24, 2.45) is 0 Å². The minimum atomic E-state index is 0.714. The van der Waals surface area contributed by atoms with Crippen molar-refractivity contribution < 1.29 is 9.47 Å². The Hall–Kier alpha value is -1.18. The van der Waals surface area contributed by atoms with Gasteiger partial charge in [-0.05, 0) is 37.5 Å². The van der Waals surface area contributed by atoms with Crippen LogP contribution in [0.1, 0.15) is 32.3 Å². The SMILES string of the molecule is [CH2]c1ccc(OCCC)c(OCCC)c1. The lowest BCUT2D eigenvalue weighted by molar-refractivity contribution is 0.268. The highest BCUT2D eigenvalue weighted by atomic mass is 16.5. The van der Waals surface area contributed by atoms with Crippen LogP contribution in [0, 0.1) is 6.92 Å². The van der Waals surface area contributed by atoms with E-state index in [9.17, 15) is 0 Å². The first-order valence-electron chi connectivity index (χ1n) is 5.49. The predicted octanol–water partition coefficient (Wildman–Crippen LogP) is 3.45. The van der Waals surface area contributed by atoms with E-state index >= 15 is 0 Å². The van der Waals surface area contributed by atoms with Crippen LogP contribution in [-0.2, 0) is 0 Å². The van der Waals surface area contributed by atoms with Crippen LogP contribution in [0.25, 0.3) is 0 Å². The molecule has 0 aliphatic heterocycles. The zero-order valence-electron chi connectivity index (χ0n) is 9.58. The van der Waals surface area contributed by atoms with Crippen molar-refractivity contribution in [1.29, 1.82) is 0 Å². The molecule has 0 bridgehead atoms. The van der Waals surface area contributed by atoms with Crippen molar-refractivity contribution in [2.75, 3.05) is 13.2 Å². The molecule has 0 heterocycles. The van der Waals surface area contributed by atoms with E-state index in [2.05, 4.69) is 20.8 Å². The summed E-state index contributed by atoms with van der Waals surface area (Å²) in [7, 11) is 0. The lowest BCUT2D eigenvalue weighted by Crippen LogP contribution is -2.01. The molecule has 0 aliphatic rings. The van der Waals surface area contributed by atoms with Crippen LogP contribution in [-0.4, -0.2) is 13.2 Å². The number of hydrogen-bond acceptors (Lipinski definition) is 2. The predicted molar refractivity (Wildman–Crippen MR) is 62.5 cm³/mol. The lowest BCUT2D eigenvalue weighted by Gasteiger charge is -2.12. The zero-order valence-corrected chi connectivity index (χ0v) is 9.58. The van der Waals surface area contributed by atoms with Gasteiger partial charge in [-0.15, -0.1) is 0 Å². The number of rotatable bonds is 6. The standard InChI is InChI=1S/C13H19O2/c1-4-8-14-12-7-6-11(3)10-13(12)15-9-5-2/h6-7,10H,3-5,8-9H2,1-2H3. The smallest absolute Gasteiger partial charge is 0.161 e. The normalized spacial score (nSPS) is 10.1.